The first-order chi connectivity index (χ1) is 6.84. The van der Waals surface area contributed by atoms with Crippen molar-refractivity contribution >= 4 is 23.1 Å². The van der Waals surface area contributed by atoms with Gasteiger partial charge in [-0.1, -0.05) is 0 Å². The number of hydrogen-bond acceptors (Lipinski definition) is 4. The van der Waals surface area contributed by atoms with Crippen LogP contribution in [0.15, 0.2) is 36.8 Å². The van der Waals surface area contributed by atoms with Gasteiger partial charge in [-0.2, -0.15) is 0 Å². The van der Waals surface area contributed by atoms with Crippen molar-refractivity contribution < 1.29 is 0 Å². The van der Waals surface area contributed by atoms with E-state index in [-0.39, 0.29) is 5.28 Å². The summed E-state index contributed by atoms with van der Waals surface area (Å²) in [7, 11) is 0. The maximum atomic E-state index is 5.63. The molecule has 0 fully saturated rings. The van der Waals surface area contributed by atoms with Crippen LogP contribution in [0.5, 0.6) is 0 Å². The standard InChI is InChI=1S/C9H7ClN4/c10-9-12-5-3-8(14-9)13-7-2-1-4-11-6-7/h1-6H,(H,12,13,14). The summed E-state index contributed by atoms with van der Waals surface area (Å²) in [5.41, 5.74) is 0.863. The van der Waals surface area contributed by atoms with Gasteiger partial charge in [0.1, 0.15) is 5.82 Å². The fourth-order valence-electron chi connectivity index (χ4n) is 0.989. The molecule has 14 heavy (non-hydrogen) atoms. The van der Waals surface area contributed by atoms with Crippen LogP contribution in [0.3, 0.4) is 0 Å². The second-order valence-corrected chi connectivity index (χ2v) is 2.92. The molecule has 2 heterocycles. The quantitative estimate of drug-likeness (QED) is 0.766. The third-order valence-electron chi connectivity index (χ3n) is 1.56. The van der Waals surface area contributed by atoms with Crippen LogP contribution >= 0.6 is 11.6 Å². The van der Waals surface area contributed by atoms with E-state index in [1.165, 1.54) is 0 Å². The Morgan fingerprint density at radius 2 is 2.14 bits per heavy atom. The molecule has 4 nitrogen and oxygen atoms in total. The largest absolute Gasteiger partial charge is 0.339 e. The van der Waals surface area contributed by atoms with E-state index in [0.717, 1.165) is 5.69 Å². The summed E-state index contributed by atoms with van der Waals surface area (Å²) < 4.78 is 0. The minimum atomic E-state index is 0.221. The molecule has 0 unspecified atom stereocenters. The maximum Gasteiger partial charge on any atom is 0.224 e. The summed E-state index contributed by atoms with van der Waals surface area (Å²) in [6, 6.07) is 5.47. The van der Waals surface area contributed by atoms with Gasteiger partial charge in [0, 0.05) is 12.4 Å². The first kappa shape index (κ1) is 8.90. The van der Waals surface area contributed by atoms with Crippen LogP contribution in [-0.4, -0.2) is 15.0 Å². The number of pyridine rings is 1. The lowest BCUT2D eigenvalue weighted by atomic mass is 10.4. The molecule has 5 heteroatoms. The summed E-state index contributed by atoms with van der Waals surface area (Å²) in [5.74, 6) is 0.651. The molecule has 0 aromatic carbocycles. The summed E-state index contributed by atoms with van der Waals surface area (Å²) >= 11 is 5.63. The molecular formula is C9H7ClN4. The summed E-state index contributed by atoms with van der Waals surface area (Å²) in [4.78, 5) is 11.7. The molecule has 0 spiro atoms. The van der Waals surface area contributed by atoms with Gasteiger partial charge in [0.05, 0.1) is 11.9 Å². The van der Waals surface area contributed by atoms with Crippen molar-refractivity contribution in [3.05, 3.63) is 42.1 Å². The van der Waals surface area contributed by atoms with E-state index in [9.17, 15) is 0 Å². The Labute approximate surface area is 86.0 Å². The number of nitrogens with one attached hydrogen (secondary N) is 1. The van der Waals surface area contributed by atoms with Gasteiger partial charge < -0.3 is 5.32 Å². The van der Waals surface area contributed by atoms with Gasteiger partial charge in [0.2, 0.25) is 5.28 Å². The van der Waals surface area contributed by atoms with Crippen LogP contribution in [0.1, 0.15) is 0 Å². The van der Waals surface area contributed by atoms with E-state index in [0.29, 0.717) is 5.82 Å². The second-order valence-electron chi connectivity index (χ2n) is 2.58. The zero-order chi connectivity index (χ0) is 9.80. The zero-order valence-corrected chi connectivity index (χ0v) is 7.94. The van der Waals surface area contributed by atoms with Crippen molar-refractivity contribution in [1.29, 1.82) is 0 Å². The molecule has 0 aliphatic carbocycles. The van der Waals surface area contributed by atoms with Crippen LogP contribution in [0.25, 0.3) is 0 Å². The molecule has 0 saturated carbocycles. The van der Waals surface area contributed by atoms with Gasteiger partial charge in [-0.05, 0) is 29.8 Å². The molecule has 0 radical (unpaired) electrons. The maximum absolute atomic E-state index is 5.63. The Morgan fingerprint density at radius 3 is 2.86 bits per heavy atom. The van der Waals surface area contributed by atoms with Crippen LogP contribution in [-0.2, 0) is 0 Å². The Balaban J connectivity index is 2.19. The monoisotopic (exact) mass is 206 g/mol. The topological polar surface area (TPSA) is 50.7 Å². The van der Waals surface area contributed by atoms with Crippen molar-refractivity contribution in [1.82, 2.24) is 15.0 Å². The van der Waals surface area contributed by atoms with Gasteiger partial charge in [-0.15, -0.1) is 0 Å². The average Bonchev–Trinajstić information content (AvgIpc) is 2.19. The predicted molar refractivity (Wildman–Crippen MR) is 54.6 cm³/mol. The fourth-order valence-corrected chi connectivity index (χ4v) is 1.14. The predicted octanol–water partition coefficient (Wildman–Crippen LogP) is 2.27. The molecule has 2 aromatic heterocycles. The van der Waals surface area contributed by atoms with Crippen molar-refractivity contribution in [2.24, 2.45) is 0 Å². The third-order valence-corrected chi connectivity index (χ3v) is 1.74. The fraction of sp³-hybridized carbons (Fsp3) is 0. The molecule has 0 bridgehead atoms. The van der Waals surface area contributed by atoms with E-state index < -0.39 is 0 Å². The SMILES string of the molecule is Clc1nccc(Nc2cccnc2)n1. The molecule has 0 aliphatic rings. The number of hydrogen-bond donors (Lipinski definition) is 1. The number of nitrogens with zero attached hydrogens (tertiary/aromatic N) is 3. The normalized spacial score (nSPS) is 9.79. The molecule has 1 N–H and O–H groups in total. The third kappa shape index (κ3) is 2.17. The lowest BCUT2D eigenvalue weighted by molar-refractivity contribution is 1.16. The smallest absolute Gasteiger partial charge is 0.224 e. The molecular weight excluding hydrogens is 200 g/mol. The zero-order valence-electron chi connectivity index (χ0n) is 7.18. The molecule has 0 atom stereocenters. The highest BCUT2D eigenvalue weighted by molar-refractivity contribution is 6.28. The molecule has 0 aliphatic heterocycles. The summed E-state index contributed by atoms with van der Waals surface area (Å²) in [5, 5.41) is 3.27. The van der Waals surface area contributed by atoms with E-state index in [4.69, 9.17) is 11.6 Å². The van der Waals surface area contributed by atoms with Crippen molar-refractivity contribution in [2.75, 3.05) is 5.32 Å². The summed E-state index contributed by atoms with van der Waals surface area (Å²) in [6.45, 7) is 0. The molecule has 2 aromatic rings. The first-order valence-electron chi connectivity index (χ1n) is 4.00. The number of aromatic nitrogens is 3. The number of halogens is 1. The van der Waals surface area contributed by atoms with Crippen LogP contribution < -0.4 is 5.32 Å². The molecule has 0 saturated heterocycles. The number of rotatable bonds is 2. The highest BCUT2D eigenvalue weighted by Gasteiger charge is 1.96. The first-order valence-corrected chi connectivity index (χ1v) is 4.38. The average molecular weight is 207 g/mol. The Morgan fingerprint density at radius 1 is 1.21 bits per heavy atom. The van der Waals surface area contributed by atoms with Gasteiger partial charge in [-0.25, -0.2) is 9.97 Å². The number of anilines is 2. The van der Waals surface area contributed by atoms with E-state index >= 15 is 0 Å². The van der Waals surface area contributed by atoms with Crippen LogP contribution in [0.2, 0.25) is 5.28 Å². The van der Waals surface area contributed by atoms with Crippen LogP contribution in [0, 0.1) is 0 Å². The lowest BCUT2D eigenvalue weighted by Crippen LogP contribution is -1.94. The lowest BCUT2D eigenvalue weighted by Gasteiger charge is -2.03. The molecule has 0 amide bonds. The van der Waals surface area contributed by atoms with Crippen molar-refractivity contribution in [3.8, 4) is 0 Å². The van der Waals surface area contributed by atoms with Crippen LogP contribution in [0.4, 0.5) is 11.5 Å². The van der Waals surface area contributed by atoms with E-state index in [1.54, 1.807) is 24.7 Å². The van der Waals surface area contributed by atoms with Gasteiger partial charge in [0.25, 0.3) is 0 Å². The van der Waals surface area contributed by atoms with E-state index in [1.807, 2.05) is 12.1 Å². The minimum Gasteiger partial charge on any atom is -0.339 e. The Kier molecular flexibility index (Phi) is 2.55. The van der Waals surface area contributed by atoms with Crippen molar-refractivity contribution in [3.63, 3.8) is 0 Å². The highest BCUT2D eigenvalue weighted by Crippen LogP contribution is 2.12. The summed E-state index contributed by atoms with van der Waals surface area (Å²) in [6.07, 6.45) is 5.00. The molecule has 70 valence electrons. The van der Waals surface area contributed by atoms with Gasteiger partial charge in [0.15, 0.2) is 0 Å². The van der Waals surface area contributed by atoms with Gasteiger partial charge >= 0.3 is 0 Å². The van der Waals surface area contributed by atoms with Gasteiger partial charge in [-0.3, -0.25) is 4.98 Å². The molecule has 2 rings (SSSR count). The minimum absolute atomic E-state index is 0.221. The van der Waals surface area contributed by atoms with E-state index in [2.05, 4.69) is 20.3 Å². The highest BCUT2D eigenvalue weighted by atomic mass is 35.5. The Hall–Kier alpha value is -1.68. The van der Waals surface area contributed by atoms with Crippen molar-refractivity contribution in [2.45, 2.75) is 0 Å². The second kappa shape index (κ2) is 4.02. The Bertz CT molecular complexity index is 418.